The van der Waals surface area contributed by atoms with Gasteiger partial charge in [0.05, 0.1) is 27.4 Å². The molecule has 164 valence electrons. The first-order chi connectivity index (χ1) is 14.6. The highest BCUT2D eigenvalue weighted by molar-refractivity contribution is 5.67. The minimum absolute atomic E-state index is 0.0317. The fraction of sp³-hybridized carbons (Fsp3) is 0.458. The first kappa shape index (κ1) is 23.5. The molecule has 0 aliphatic rings. The average Bonchev–Trinajstić information content (AvgIpc) is 2.79. The molecule has 0 heterocycles. The number of methoxy groups -OCH3 is 3. The summed E-state index contributed by atoms with van der Waals surface area (Å²) in [5.41, 5.74) is 2.33. The predicted octanol–water partition coefficient (Wildman–Crippen LogP) is 4.45. The number of rotatable bonds is 12. The van der Waals surface area contributed by atoms with Crippen LogP contribution in [0.1, 0.15) is 36.4 Å². The number of unbranched alkanes of at least 4 members (excludes halogenated alkanes) is 1. The molecule has 2 aromatic rings. The highest BCUT2D eigenvalue weighted by atomic mass is 16.5. The van der Waals surface area contributed by atoms with Gasteiger partial charge in [0.25, 0.3) is 0 Å². The molecule has 0 aromatic heterocycles. The zero-order valence-electron chi connectivity index (χ0n) is 18.5. The van der Waals surface area contributed by atoms with Gasteiger partial charge in [0, 0.05) is 6.54 Å². The van der Waals surface area contributed by atoms with E-state index in [0.717, 1.165) is 55.8 Å². The normalized spacial score (nSPS) is 11.8. The molecule has 1 amide bonds. The van der Waals surface area contributed by atoms with Crippen LogP contribution < -0.4 is 14.8 Å². The van der Waals surface area contributed by atoms with Gasteiger partial charge < -0.3 is 24.4 Å². The second-order valence-corrected chi connectivity index (χ2v) is 7.34. The minimum Gasteiger partial charge on any atom is -0.493 e. The van der Waals surface area contributed by atoms with Gasteiger partial charge in [0.15, 0.2) is 11.5 Å². The van der Waals surface area contributed by atoms with Crippen molar-refractivity contribution in [1.82, 2.24) is 10.2 Å². The van der Waals surface area contributed by atoms with Crippen LogP contribution in [0, 0.1) is 0 Å². The molecule has 0 bridgehead atoms. The molecule has 0 aliphatic heterocycles. The van der Waals surface area contributed by atoms with E-state index in [0.29, 0.717) is 0 Å². The van der Waals surface area contributed by atoms with Crippen molar-refractivity contribution in [3.05, 3.63) is 59.7 Å². The molecule has 0 aliphatic carbocycles. The van der Waals surface area contributed by atoms with Crippen LogP contribution in [0.4, 0.5) is 4.79 Å². The van der Waals surface area contributed by atoms with Crippen molar-refractivity contribution in [2.24, 2.45) is 0 Å². The lowest BCUT2D eigenvalue weighted by Gasteiger charge is -2.20. The third-order valence-corrected chi connectivity index (χ3v) is 5.19. The van der Waals surface area contributed by atoms with Gasteiger partial charge in [-0.15, -0.1) is 0 Å². The zero-order chi connectivity index (χ0) is 21.8. The van der Waals surface area contributed by atoms with Gasteiger partial charge in [-0.2, -0.15) is 0 Å². The molecule has 2 aromatic carbocycles. The quantitative estimate of drug-likeness (QED) is 0.520. The van der Waals surface area contributed by atoms with E-state index in [1.54, 1.807) is 14.2 Å². The van der Waals surface area contributed by atoms with Crippen LogP contribution in [-0.2, 0) is 11.2 Å². The SMILES string of the molecule is COC(=O)NC(CCCCN(C)CCc1ccc(OC)c(OC)c1)c1ccccc1. The maximum absolute atomic E-state index is 11.7. The topological polar surface area (TPSA) is 60.0 Å². The average molecular weight is 415 g/mol. The number of amides is 1. The Bertz CT molecular complexity index is 767. The molecule has 0 saturated heterocycles. The number of nitrogens with one attached hydrogen (secondary N) is 1. The predicted molar refractivity (Wildman–Crippen MR) is 119 cm³/mol. The Labute approximate surface area is 180 Å². The van der Waals surface area contributed by atoms with Crippen molar-refractivity contribution >= 4 is 6.09 Å². The van der Waals surface area contributed by atoms with Gasteiger partial charge in [0.1, 0.15) is 0 Å². The van der Waals surface area contributed by atoms with E-state index < -0.39 is 6.09 Å². The van der Waals surface area contributed by atoms with E-state index >= 15 is 0 Å². The third kappa shape index (κ3) is 7.59. The van der Waals surface area contributed by atoms with Crippen LogP contribution in [0.3, 0.4) is 0 Å². The van der Waals surface area contributed by atoms with Crippen LogP contribution in [0.5, 0.6) is 11.5 Å². The van der Waals surface area contributed by atoms with Crippen LogP contribution >= 0.6 is 0 Å². The van der Waals surface area contributed by atoms with Crippen molar-refractivity contribution in [1.29, 1.82) is 0 Å². The summed E-state index contributed by atoms with van der Waals surface area (Å²) in [5, 5.41) is 2.94. The van der Waals surface area contributed by atoms with Crippen LogP contribution in [-0.4, -0.2) is 52.5 Å². The fourth-order valence-corrected chi connectivity index (χ4v) is 3.41. The second kappa shape index (κ2) is 12.8. The highest BCUT2D eigenvalue weighted by Crippen LogP contribution is 2.27. The van der Waals surface area contributed by atoms with E-state index in [2.05, 4.69) is 23.3 Å². The first-order valence-electron chi connectivity index (χ1n) is 10.4. The van der Waals surface area contributed by atoms with E-state index in [1.165, 1.54) is 12.7 Å². The van der Waals surface area contributed by atoms with E-state index in [9.17, 15) is 4.79 Å². The standard InChI is InChI=1S/C24H34N2O4/c1-26(17-15-19-13-14-22(28-2)23(18-19)29-3)16-9-8-12-21(25-24(27)30-4)20-10-6-5-7-11-20/h5-7,10-11,13-14,18,21H,8-9,12,15-17H2,1-4H3,(H,25,27). The number of alkyl carbamates (subject to hydrolysis) is 1. The smallest absolute Gasteiger partial charge is 0.407 e. The van der Waals surface area contributed by atoms with Gasteiger partial charge in [-0.1, -0.05) is 36.4 Å². The van der Waals surface area contributed by atoms with Gasteiger partial charge >= 0.3 is 6.09 Å². The number of carbonyl (C=O) groups is 1. The largest absolute Gasteiger partial charge is 0.493 e. The number of nitrogens with zero attached hydrogens (tertiary/aromatic N) is 1. The number of carbonyl (C=O) groups excluding carboxylic acids is 1. The summed E-state index contributed by atoms with van der Waals surface area (Å²) in [6.45, 7) is 1.98. The molecule has 1 unspecified atom stereocenters. The molecule has 2 rings (SSSR count). The van der Waals surface area contributed by atoms with Crippen molar-refractivity contribution in [2.75, 3.05) is 41.5 Å². The monoisotopic (exact) mass is 414 g/mol. The Morgan fingerprint density at radius 1 is 0.967 bits per heavy atom. The molecule has 0 spiro atoms. The summed E-state index contributed by atoms with van der Waals surface area (Å²) in [4.78, 5) is 14.0. The molecule has 6 heteroatoms. The zero-order valence-corrected chi connectivity index (χ0v) is 18.5. The first-order valence-corrected chi connectivity index (χ1v) is 10.4. The van der Waals surface area contributed by atoms with E-state index in [4.69, 9.17) is 14.2 Å². The van der Waals surface area contributed by atoms with E-state index in [1.807, 2.05) is 42.5 Å². The Hall–Kier alpha value is -2.73. The molecule has 6 nitrogen and oxygen atoms in total. The molecule has 1 N–H and O–H groups in total. The summed E-state index contributed by atoms with van der Waals surface area (Å²) in [6.07, 6.45) is 3.52. The van der Waals surface area contributed by atoms with Crippen molar-refractivity contribution < 1.29 is 19.0 Å². The molecular weight excluding hydrogens is 380 g/mol. The molecule has 0 saturated carbocycles. The number of hydrogen-bond donors (Lipinski definition) is 1. The number of benzene rings is 2. The van der Waals surface area contributed by atoms with E-state index in [-0.39, 0.29) is 6.04 Å². The number of ether oxygens (including phenoxy) is 3. The maximum atomic E-state index is 11.7. The Morgan fingerprint density at radius 2 is 1.70 bits per heavy atom. The molecule has 0 fully saturated rings. The lowest BCUT2D eigenvalue weighted by Crippen LogP contribution is -2.28. The maximum Gasteiger partial charge on any atom is 0.407 e. The summed E-state index contributed by atoms with van der Waals surface area (Å²) < 4.78 is 15.5. The van der Waals surface area contributed by atoms with Crippen molar-refractivity contribution in [3.63, 3.8) is 0 Å². The summed E-state index contributed by atoms with van der Waals surface area (Å²) in [7, 11) is 6.84. The summed E-state index contributed by atoms with van der Waals surface area (Å²) in [5.74, 6) is 1.52. The number of likely N-dealkylation sites (N-methyl/N-ethyl adjacent to an activating group) is 1. The van der Waals surface area contributed by atoms with Gasteiger partial charge in [-0.3, -0.25) is 0 Å². The fourth-order valence-electron chi connectivity index (χ4n) is 3.41. The molecule has 1 atom stereocenters. The minimum atomic E-state index is -0.393. The van der Waals surface area contributed by atoms with Crippen molar-refractivity contribution in [3.8, 4) is 11.5 Å². The highest BCUT2D eigenvalue weighted by Gasteiger charge is 2.14. The Balaban J connectivity index is 1.76. The van der Waals surface area contributed by atoms with Crippen LogP contribution in [0.25, 0.3) is 0 Å². The lowest BCUT2D eigenvalue weighted by molar-refractivity contribution is 0.165. The molecule has 30 heavy (non-hydrogen) atoms. The summed E-state index contributed by atoms with van der Waals surface area (Å²) >= 11 is 0. The van der Waals surface area contributed by atoms with Gasteiger partial charge in [0.2, 0.25) is 0 Å². The van der Waals surface area contributed by atoms with Crippen LogP contribution in [0.15, 0.2) is 48.5 Å². The van der Waals surface area contributed by atoms with Gasteiger partial charge in [-0.25, -0.2) is 4.79 Å². The lowest BCUT2D eigenvalue weighted by atomic mass is 10.0. The second-order valence-electron chi connectivity index (χ2n) is 7.34. The van der Waals surface area contributed by atoms with Crippen LogP contribution in [0.2, 0.25) is 0 Å². The Morgan fingerprint density at radius 3 is 2.37 bits per heavy atom. The van der Waals surface area contributed by atoms with Gasteiger partial charge in [-0.05, 0) is 62.5 Å². The third-order valence-electron chi connectivity index (χ3n) is 5.19. The number of hydrogen-bond acceptors (Lipinski definition) is 5. The molecule has 0 radical (unpaired) electrons. The van der Waals surface area contributed by atoms with Crippen molar-refractivity contribution in [2.45, 2.75) is 31.7 Å². The summed E-state index contributed by atoms with van der Waals surface area (Å²) in [6, 6.07) is 16.1. The Kier molecular flexibility index (Phi) is 10.0. The molecular formula is C24H34N2O4.